The maximum atomic E-state index is 12.4. The van der Waals surface area contributed by atoms with E-state index in [-0.39, 0.29) is 22.8 Å². The summed E-state index contributed by atoms with van der Waals surface area (Å²) in [5.41, 5.74) is 0.457. The van der Waals surface area contributed by atoms with Gasteiger partial charge < -0.3 is 4.74 Å². The van der Waals surface area contributed by atoms with Crippen LogP contribution in [0, 0.1) is 0 Å². The molecule has 1 aliphatic carbocycles. The average molecular weight is 311 g/mol. The van der Waals surface area contributed by atoms with E-state index >= 15 is 0 Å². The standard InChI is InChI=1S/C15H21NO4S/c1-3-15(9-4-10-15)16-21(18,19)13-7-5-12(6-8-13)11-14(17)20-2/h5-8,16H,3-4,9-11H2,1-2H3. The Morgan fingerprint density at radius 1 is 1.29 bits per heavy atom. The Morgan fingerprint density at radius 3 is 2.33 bits per heavy atom. The molecular formula is C15H21NO4S. The minimum Gasteiger partial charge on any atom is -0.469 e. The normalized spacial score (nSPS) is 17.0. The molecular weight excluding hydrogens is 290 g/mol. The highest BCUT2D eigenvalue weighted by atomic mass is 32.2. The quantitative estimate of drug-likeness (QED) is 0.816. The molecule has 0 spiro atoms. The molecule has 0 aliphatic heterocycles. The Balaban J connectivity index is 2.11. The molecule has 1 aromatic carbocycles. The molecule has 0 aromatic heterocycles. The number of carbonyl (C=O) groups is 1. The van der Waals surface area contributed by atoms with Gasteiger partial charge in [-0.2, -0.15) is 0 Å². The van der Waals surface area contributed by atoms with Gasteiger partial charge in [-0.05, 0) is 43.4 Å². The van der Waals surface area contributed by atoms with Crippen molar-refractivity contribution in [3.63, 3.8) is 0 Å². The van der Waals surface area contributed by atoms with Crippen LogP contribution in [0.3, 0.4) is 0 Å². The summed E-state index contributed by atoms with van der Waals surface area (Å²) in [6, 6.07) is 6.35. The highest BCUT2D eigenvalue weighted by Crippen LogP contribution is 2.36. The van der Waals surface area contributed by atoms with Gasteiger partial charge in [0, 0.05) is 5.54 Å². The van der Waals surface area contributed by atoms with Crippen LogP contribution in [0.2, 0.25) is 0 Å². The van der Waals surface area contributed by atoms with Crippen molar-refractivity contribution in [3.05, 3.63) is 29.8 Å². The molecule has 2 rings (SSSR count). The molecule has 0 unspecified atom stereocenters. The Labute approximate surface area is 125 Å². The number of ether oxygens (including phenoxy) is 1. The zero-order valence-electron chi connectivity index (χ0n) is 12.4. The van der Waals surface area contributed by atoms with E-state index in [1.165, 1.54) is 19.2 Å². The number of rotatable bonds is 6. The van der Waals surface area contributed by atoms with Crippen molar-refractivity contribution in [2.45, 2.75) is 49.5 Å². The minimum atomic E-state index is -3.51. The van der Waals surface area contributed by atoms with Crippen LogP contribution in [0.5, 0.6) is 0 Å². The largest absolute Gasteiger partial charge is 0.469 e. The summed E-state index contributed by atoms with van der Waals surface area (Å²) in [6.07, 6.45) is 3.79. The first kappa shape index (κ1) is 16.0. The van der Waals surface area contributed by atoms with E-state index in [9.17, 15) is 13.2 Å². The molecule has 1 aromatic rings. The van der Waals surface area contributed by atoms with Crippen molar-refractivity contribution >= 4 is 16.0 Å². The zero-order valence-corrected chi connectivity index (χ0v) is 13.2. The molecule has 0 bridgehead atoms. The Hall–Kier alpha value is -1.40. The summed E-state index contributed by atoms with van der Waals surface area (Å²) in [4.78, 5) is 11.4. The third kappa shape index (κ3) is 3.63. The number of esters is 1. The van der Waals surface area contributed by atoms with Crippen molar-refractivity contribution < 1.29 is 17.9 Å². The van der Waals surface area contributed by atoms with Crippen LogP contribution in [0.15, 0.2) is 29.2 Å². The third-order valence-electron chi connectivity index (χ3n) is 4.15. The average Bonchev–Trinajstić information content (AvgIpc) is 2.43. The van der Waals surface area contributed by atoms with Gasteiger partial charge in [-0.25, -0.2) is 13.1 Å². The molecule has 1 saturated carbocycles. The van der Waals surface area contributed by atoms with E-state index in [4.69, 9.17) is 0 Å². The van der Waals surface area contributed by atoms with Gasteiger partial charge in [-0.1, -0.05) is 19.1 Å². The molecule has 0 amide bonds. The first-order valence-electron chi connectivity index (χ1n) is 7.10. The van der Waals surface area contributed by atoms with Crippen molar-refractivity contribution in [1.82, 2.24) is 4.72 Å². The first-order valence-corrected chi connectivity index (χ1v) is 8.59. The SMILES string of the molecule is CCC1(NS(=O)(=O)c2ccc(CC(=O)OC)cc2)CCC1. The number of hydrogen-bond donors (Lipinski definition) is 1. The van der Waals surface area contributed by atoms with Gasteiger partial charge in [-0.15, -0.1) is 0 Å². The summed E-state index contributed by atoms with van der Waals surface area (Å²) in [6.45, 7) is 2.00. The van der Waals surface area contributed by atoms with Gasteiger partial charge in [0.25, 0.3) is 0 Å². The smallest absolute Gasteiger partial charge is 0.309 e. The van der Waals surface area contributed by atoms with Gasteiger partial charge in [0.05, 0.1) is 18.4 Å². The second-order valence-electron chi connectivity index (χ2n) is 5.49. The van der Waals surface area contributed by atoms with Crippen molar-refractivity contribution in [2.75, 3.05) is 7.11 Å². The summed E-state index contributed by atoms with van der Waals surface area (Å²) >= 11 is 0. The second-order valence-corrected chi connectivity index (χ2v) is 7.17. The molecule has 1 fully saturated rings. The number of carbonyl (C=O) groups excluding carboxylic acids is 1. The van der Waals surface area contributed by atoms with E-state index in [0.29, 0.717) is 0 Å². The molecule has 1 N–H and O–H groups in total. The second kappa shape index (κ2) is 6.15. The molecule has 1 aliphatic rings. The Bertz CT molecular complexity index is 598. The summed E-state index contributed by atoms with van der Waals surface area (Å²) in [5, 5.41) is 0. The minimum absolute atomic E-state index is 0.142. The zero-order chi connectivity index (χ0) is 15.5. The highest BCUT2D eigenvalue weighted by Gasteiger charge is 2.38. The lowest BCUT2D eigenvalue weighted by atomic mass is 9.76. The van der Waals surface area contributed by atoms with Crippen LogP contribution in [-0.4, -0.2) is 27.0 Å². The Kier molecular flexibility index (Phi) is 4.68. The number of methoxy groups -OCH3 is 1. The lowest BCUT2D eigenvalue weighted by Gasteiger charge is -2.41. The van der Waals surface area contributed by atoms with Crippen LogP contribution in [0.4, 0.5) is 0 Å². The van der Waals surface area contributed by atoms with E-state index in [0.717, 1.165) is 31.2 Å². The maximum Gasteiger partial charge on any atom is 0.309 e. The molecule has 6 heteroatoms. The molecule has 0 atom stereocenters. The summed E-state index contributed by atoms with van der Waals surface area (Å²) < 4.78 is 32.2. The van der Waals surface area contributed by atoms with Crippen LogP contribution < -0.4 is 4.72 Å². The van der Waals surface area contributed by atoms with Crippen LogP contribution in [0.25, 0.3) is 0 Å². The fourth-order valence-corrected chi connectivity index (χ4v) is 4.03. The van der Waals surface area contributed by atoms with Gasteiger partial charge in [0.15, 0.2) is 0 Å². The summed E-state index contributed by atoms with van der Waals surface area (Å²) in [5.74, 6) is -0.344. The molecule has 0 saturated heterocycles. The maximum absolute atomic E-state index is 12.4. The number of nitrogens with one attached hydrogen (secondary N) is 1. The van der Waals surface area contributed by atoms with Crippen molar-refractivity contribution in [2.24, 2.45) is 0 Å². The lowest BCUT2D eigenvalue weighted by molar-refractivity contribution is -0.139. The first-order chi connectivity index (χ1) is 9.91. The number of sulfonamides is 1. The van der Waals surface area contributed by atoms with Gasteiger partial charge in [0.1, 0.15) is 0 Å². The van der Waals surface area contributed by atoms with E-state index in [2.05, 4.69) is 9.46 Å². The van der Waals surface area contributed by atoms with Gasteiger partial charge in [-0.3, -0.25) is 4.79 Å². The van der Waals surface area contributed by atoms with E-state index in [1.807, 2.05) is 6.92 Å². The van der Waals surface area contributed by atoms with Crippen LogP contribution in [0.1, 0.15) is 38.2 Å². The van der Waals surface area contributed by atoms with Crippen molar-refractivity contribution in [3.8, 4) is 0 Å². The van der Waals surface area contributed by atoms with E-state index in [1.54, 1.807) is 12.1 Å². The number of benzene rings is 1. The summed E-state index contributed by atoms with van der Waals surface area (Å²) in [7, 11) is -2.18. The molecule has 0 heterocycles. The fraction of sp³-hybridized carbons (Fsp3) is 0.533. The van der Waals surface area contributed by atoms with Gasteiger partial charge in [0.2, 0.25) is 10.0 Å². The van der Waals surface area contributed by atoms with E-state index < -0.39 is 10.0 Å². The fourth-order valence-electron chi connectivity index (χ4n) is 2.50. The lowest BCUT2D eigenvalue weighted by Crippen LogP contribution is -2.52. The third-order valence-corrected chi connectivity index (χ3v) is 5.74. The van der Waals surface area contributed by atoms with Crippen LogP contribution in [-0.2, 0) is 26.0 Å². The Morgan fingerprint density at radius 2 is 1.90 bits per heavy atom. The molecule has 0 radical (unpaired) electrons. The number of hydrogen-bond acceptors (Lipinski definition) is 4. The topological polar surface area (TPSA) is 72.5 Å². The van der Waals surface area contributed by atoms with Crippen molar-refractivity contribution in [1.29, 1.82) is 0 Å². The highest BCUT2D eigenvalue weighted by molar-refractivity contribution is 7.89. The monoisotopic (exact) mass is 311 g/mol. The molecule has 116 valence electrons. The van der Waals surface area contributed by atoms with Gasteiger partial charge >= 0.3 is 5.97 Å². The predicted octanol–water partition coefficient (Wildman–Crippen LogP) is 2.01. The van der Waals surface area contributed by atoms with Crippen LogP contribution >= 0.6 is 0 Å². The molecule has 21 heavy (non-hydrogen) atoms. The molecule has 5 nitrogen and oxygen atoms in total. The predicted molar refractivity (Wildman–Crippen MR) is 79.4 cm³/mol.